The second-order valence-corrected chi connectivity index (χ2v) is 9.04. The van der Waals surface area contributed by atoms with Gasteiger partial charge in [-0.2, -0.15) is 0 Å². The maximum Gasteiger partial charge on any atom is 0.247 e. The molecule has 7 nitrogen and oxygen atoms in total. The van der Waals surface area contributed by atoms with E-state index in [2.05, 4.69) is 10.6 Å². The number of ether oxygens (including phenoxy) is 1. The summed E-state index contributed by atoms with van der Waals surface area (Å²) >= 11 is 0. The van der Waals surface area contributed by atoms with Gasteiger partial charge in [0.05, 0.1) is 7.11 Å². The van der Waals surface area contributed by atoms with Crippen LogP contribution in [0.2, 0.25) is 0 Å². The van der Waals surface area contributed by atoms with Crippen molar-refractivity contribution in [3.63, 3.8) is 0 Å². The average Bonchev–Trinajstić information content (AvgIpc) is 3.50. The van der Waals surface area contributed by atoms with E-state index in [0.717, 1.165) is 22.7 Å². The average molecular weight is 404 g/mol. The Morgan fingerprint density at radius 3 is 2.39 bits per heavy atom. The predicted octanol–water partition coefficient (Wildman–Crippen LogP) is 2.38. The number of rotatable bonds is 8. The molecule has 0 saturated heterocycles. The van der Waals surface area contributed by atoms with E-state index in [9.17, 15) is 13.2 Å². The lowest BCUT2D eigenvalue weighted by Crippen LogP contribution is -2.34. The number of benzene rings is 2. The molecule has 0 heterocycles. The maximum absolute atomic E-state index is 12.8. The highest BCUT2D eigenvalue weighted by molar-refractivity contribution is 7.89. The van der Waals surface area contributed by atoms with E-state index < -0.39 is 16.1 Å². The predicted molar refractivity (Wildman–Crippen MR) is 108 cm³/mol. The summed E-state index contributed by atoms with van der Waals surface area (Å²) in [5, 5.41) is 6.19. The molecule has 1 aliphatic rings. The molecule has 0 unspecified atom stereocenters. The Morgan fingerprint density at radius 1 is 1.14 bits per heavy atom. The summed E-state index contributed by atoms with van der Waals surface area (Å²) in [5.74, 6) is 0.111. The fourth-order valence-electron chi connectivity index (χ4n) is 2.79. The molecule has 1 atom stereocenters. The van der Waals surface area contributed by atoms with Gasteiger partial charge in [-0.3, -0.25) is 4.79 Å². The van der Waals surface area contributed by atoms with Gasteiger partial charge in [-0.25, -0.2) is 12.7 Å². The Balaban J connectivity index is 1.95. The summed E-state index contributed by atoms with van der Waals surface area (Å²) in [5.41, 5.74) is 1.31. The van der Waals surface area contributed by atoms with Crippen LogP contribution in [0.1, 0.15) is 24.4 Å². The number of anilines is 1. The van der Waals surface area contributed by atoms with Crippen molar-refractivity contribution in [1.29, 1.82) is 0 Å². The molecule has 2 aromatic rings. The number of hydrogen-bond donors (Lipinski definition) is 2. The van der Waals surface area contributed by atoms with Gasteiger partial charge < -0.3 is 15.4 Å². The fourth-order valence-corrected chi connectivity index (χ4v) is 3.86. The van der Waals surface area contributed by atoms with Gasteiger partial charge in [0.1, 0.15) is 16.7 Å². The SMILES string of the molecule is COc1ccc(N[C@@H](C(=O)NC2CC2)c2ccccc2)cc1S(=O)(=O)N(C)C. The highest BCUT2D eigenvalue weighted by Crippen LogP contribution is 2.31. The largest absolute Gasteiger partial charge is 0.495 e. The molecule has 0 bridgehead atoms. The molecule has 150 valence electrons. The first-order valence-corrected chi connectivity index (χ1v) is 10.5. The molecule has 0 radical (unpaired) electrons. The van der Waals surface area contributed by atoms with Gasteiger partial charge >= 0.3 is 0 Å². The molecule has 1 amide bonds. The number of methoxy groups -OCH3 is 1. The van der Waals surface area contributed by atoms with Crippen LogP contribution >= 0.6 is 0 Å². The van der Waals surface area contributed by atoms with E-state index in [1.54, 1.807) is 12.1 Å². The molecule has 1 aliphatic carbocycles. The first-order valence-electron chi connectivity index (χ1n) is 9.05. The molecule has 0 aromatic heterocycles. The van der Waals surface area contributed by atoms with Crippen molar-refractivity contribution in [2.24, 2.45) is 0 Å². The Hall–Kier alpha value is -2.58. The van der Waals surface area contributed by atoms with Gasteiger partial charge in [0, 0.05) is 25.8 Å². The second kappa shape index (κ2) is 8.20. The molecule has 1 fully saturated rings. The highest BCUT2D eigenvalue weighted by Gasteiger charge is 2.29. The lowest BCUT2D eigenvalue weighted by atomic mass is 10.1. The Bertz CT molecular complexity index is 941. The quantitative estimate of drug-likeness (QED) is 0.707. The van der Waals surface area contributed by atoms with Crippen LogP contribution < -0.4 is 15.4 Å². The van der Waals surface area contributed by atoms with Crippen LogP contribution in [0, 0.1) is 0 Å². The maximum atomic E-state index is 12.8. The van der Waals surface area contributed by atoms with Gasteiger partial charge in [-0.15, -0.1) is 0 Å². The van der Waals surface area contributed by atoms with E-state index in [1.807, 2.05) is 30.3 Å². The van der Waals surface area contributed by atoms with Crippen LogP contribution in [0.5, 0.6) is 5.75 Å². The Kier molecular flexibility index (Phi) is 5.90. The van der Waals surface area contributed by atoms with Crippen molar-refractivity contribution in [2.45, 2.75) is 29.8 Å². The third-order valence-electron chi connectivity index (χ3n) is 4.55. The zero-order valence-electron chi connectivity index (χ0n) is 16.2. The van der Waals surface area contributed by atoms with Crippen molar-refractivity contribution in [2.75, 3.05) is 26.5 Å². The molecule has 1 saturated carbocycles. The van der Waals surface area contributed by atoms with Crippen LogP contribution in [0.15, 0.2) is 53.4 Å². The molecule has 28 heavy (non-hydrogen) atoms. The van der Waals surface area contributed by atoms with Crippen LogP contribution in [-0.2, 0) is 14.8 Å². The number of nitrogens with zero attached hydrogens (tertiary/aromatic N) is 1. The summed E-state index contributed by atoms with van der Waals surface area (Å²) < 4.78 is 31.6. The molecule has 8 heteroatoms. The van der Waals surface area contributed by atoms with E-state index in [0.29, 0.717) is 5.69 Å². The van der Waals surface area contributed by atoms with E-state index in [1.165, 1.54) is 27.3 Å². The summed E-state index contributed by atoms with van der Waals surface area (Å²) in [4.78, 5) is 12.8. The molecule has 0 spiro atoms. The van der Waals surface area contributed by atoms with Gasteiger partial charge in [0.15, 0.2) is 0 Å². The van der Waals surface area contributed by atoms with Gasteiger partial charge in [-0.05, 0) is 36.6 Å². The zero-order valence-corrected chi connectivity index (χ0v) is 17.0. The number of nitrogens with one attached hydrogen (secondary N) is 2. The van der Waals surface area contributed by atoms with Crippen molar-refractivity contribution in [3.8, 4) is 5.75 Å². The van der Waals surface area contributed by atoms with Crippen molar-refractivity contribution in [1.82, 2.24) is 9.62 Å². The van der Waals surface area contributed by atoms with E-state index in [4.69, 9.17) is 4.74 Å². The van der Waals surface area contributed by atoms with Crippen molar-refractivity contribution in [3.05, 3.63) is 54.1 Å². The fraction of sp³-hybridized carbons (Fsp3) is 0.350. The normalized spacial score (nSPS) is 15.1. The first kappa shape index (κ1) is 20.2. The minimum absolute atomic E-state index is 0.0411. The minimum atomic E-state index is -3.70. The van der Waals surface area contributed by atoms with Gasteiger partial charge in [0.25, 0.3) is 0 Å². The molecular formula is C20H25N3O4S. The lowest BCUT2D eigenvalue weighted by molar-refractivity contribution is -0.122. The molecule has 2 aromatic carbocycles. The summed E-state index contributed by atoms with van der Waals surface area (Å²) in [6, 6.07) is 13.7. The number of carbonyl (C=O) groups excluding carboxylic acids is 1. The van der Waals surface area contributed by atoms with Crippen LogP contribution in [0.3, 0.4) is 0 Å². The monoisotopic (exact) mass is 403 g/mol. The molecule has 3 rings (SSSR count). The number of carbonyl (C=O) groups is 1. The topological polar surface area (TPSA) is 87.7 Å². The van der Waals surface area contributed by atoms with E-state index >= 15 is 0 Å². The first-order chi connectivity index (χ1) is 13.3. The Labute approximate surface area is 165 Å². The van der Waals surface area contributed by atoms with Gasteiger partial charge in [-0.1, -0.05) is 30.3 Å². The van der Waals surface area contributed by atoms with Crippen LogP contribution in [0.25, 0.3) is 0 Å². The zero-order chi connectivity index (χ0) is 20.3. The number of amides is 1. The van der Waals surface area contributed by atoms with Crippen LogP contribution in [0.4, 0.5) is 5.69 Å². The smallest absolute Gasteiger partial charge is 0.247 e. The molecule has 2 N–H and O–H groups in total. The third kappa shape index (κ3) is 4.45. The van der Waals surface area contributed by atoms with Crippen molar-refractivity contribution < 1.29 is 17.9 Å². The summed E-state index contributed by atoms with van der Waals surface area (Å²) in [7, 11) is 0.646. The molecule has 0 aliphatic heterocycles. The lowest BCUT2D eigenvalue weighted by Gasteiger charge is -2.21. The Morgan fingerprint density at radius 2 is 1.82 bits per heavy atom. The van der Waals surface area contributed by atoms with Crippen molar-refractivity contribution >= 4 is 21.6 Å². The summed E-state index contributed by atoms with van der Waals surface area (Å²) in [6.45, 7) is 0. The number of hydrogen-bond acceptors (Lipinski definition) is 5. The third-order valence-corrected chi connectivity index (χ3v) is 6.39. The minimum Gasteiger partial charge on any atom is -0.495 e. The summed E-state index contributed by atoms with van der Waals surface area (Å²) in [6.07, 6.45) is 1.97. The van der Waals surface area contributed by atoms with Crippen LogP contribution in [-0.4, -0.2) is 45.9 Å². The molecular weight excluding hydrogens is 378 g/mol. The van der Waals surface area contributed by atoms with E-state index in [-0.39, 0.29) is 22.6 Å². The highest BCUT2D eigenvalue weighted by atomic mass is 32.2. The second-order valence-electron chi connectivity index (χ2n) is 6.92. The van der Waals surface area contributed by atoms with Gasteiger partial charge in [0.2, 0.25) is 15.9 Å². The standard InChI is InChI=1S/C20H25N3O4S/c1-23(2)28(25,26)18-13-16(11-12-17(18)27-3)21-19(14-7-5-4-6-8-14)20(24)22-15-9-10-15/h4-8,11-13,15,19,21H,9-10H2,1-3H3,(H,22,24)/t19-/m1/s1. The number of sulfonamides is 1.